The number of carbonyl (C=O) groups is 1. The number of pyridine rings is 2. The van der Waals surface area contributed by atoms with Crippen LogP contribution in [-0.4, -0.2) is 50.5 Å². The molecule has 10 nitrogen and oxygen atoms in total. The number of aromatic nitrogens is 2. The van der Waals surface area contributed by atoms with Crippen LogP contribution in [0.15, 0.2) is 47.8 Å². The maximum atomic E-state index is 11.9. The molecule has 154 valence electrons. The lowest BCUT2D eigenvalue weighted by Gasteiger charge is -2.19. The third-order valence-corrected chi connectivity index (χ3v) is 3.26. The lowest BCUT2D eigenvalue weighted by molar-refractivity contribution is 0.0148. The fourth-order valence-electron chi connectivity index (χ4n) is 2.07. The van der Waals surface area contributed by atoms with Crippen LogP contribution in [0.1, 0.15) is 32.2 Å². The van der Waals surface area contributed by atoms with Crippen LogP contribution in [0.3, 0.4) is 0 Å². The molecule has 2 aromatic rings. The fraction of sp³-hybridized carbons (Fsp3) is 0.316. The normalized spacial score (nSPS) is 11.6. The van der Waals surface area contributed by atoms with Crippen LogP contribution in [0.25, 0.3) is 0 Å². The zero-order chi connectivity index (χ0) is 21.4. The number of likely N-dealkylation sites (N-methyl/N-ethyl adjacent to an activating group) is 1. The summed E-state index contributed by atoms with van der Waals surface area (Å²) in [6, 6.07) is 10.1. The third kappa shape index (κ3) is 7.18. The third-order valence-electron chi connectivity index (χ3n) is 3.26. The summed E-state index contributed by atoms with van der Waals surface area (Å²) in [5.41, 5.74) is 0.294. The predicted molar refractivity (Wildman–Crippen MR) is 107 cm³/mol. The Bertz CT molecular complexity index is 878. The standard InChI is InChI=1S/C19H24N6O4/c1-19(2,3)29-18(26)23-15-10-7-8-13(22-15)12-28-24-16(17(20)25(4)27)14-9-5-6-11-21-14/h5-11,20,27H,12H2,1-4H3,(H,22,23,26)/b20-17?,24-16-. The number of anilines is 1. The SMILES string of the molecule is CN(O)C(=N)/C(=N\OCc1cccc(NC(=O)OC(C)(C)C)n1)c1ccccn1. The second-order valence-corrected chi connectivity index (χ2v) is 6.94. The summed E-state index contributed by atoms with van der Waals surface area (Å²) in [4.78, 5) is 25.5. The highest BCUT2D eigenvalue weighted by molar-refractivity contribution is 6.45. The number of amidine groups is 1. The topological polar surface area (TPSA) is 133 Å². The first-order valence-electron chi connectivity index (χ1n) is 8.74. The molecule has 0 fully saturated rings. The lowest BCUT2D eigenvalue weighted by atomic mass is 10.2. The largest absolute Gasteiger partial charge is 0.444 e. The Balaban J connectivity index is 2.07. The summed E-state index contributed by atoms with van der Waals surface area (Å²) in [6.07, 6.45) is 0.932. The maximum absolute atomic E-state index is 11.9. The number of nitrogens with one attached hydrogen (secondary N) is 2. The first-order chi connectivity index (χ1) is 13.7. The lowest BCUT2D eigenvalue weighted by Crippen LogP contribution is -2.31. The highest BCUT2D eigenvalue weighted by atomic mass is 16.6. The summed E-state index contributed by atoms with van der Waals surface area (Å²) in [5.74, 6) is 0.0223. The van der Waals surface area contributed by atoms with E-state index in [-0.39, 0.29) is 18.2 Å². The van der Waals surface area contributed by atoms with Crippen LogP contribution in [0.2, 0.25) is 0 Å². The highest BCUT2D eigenvalue weighted by Gasteiger charge is 2.17. The minimum Gasteiger partial charge on any atom is -0.444 e. The van der Waals surface area contributed by atoms with Gasteiger partial charge >= 0.3 is 6.09 Å². The Morgan fingerprint density at radius 3 is 2.66 bits per heavy atom. The van der Waals surface area contributed by atoms with Crippen LogP contribution < -0.4 is 5.32 Å². The van der Waals surface area contributed by atoms with Crippen LogP contribution in [-0.2, 0) is 16.2 Å². The molecule has 0 bridgehead atoms. The smallest absolute Gasteiger partial charge is 0.413 e. The van der Waals surface area contributed by atoms with Gasteiger partial charge in [-0.2, -0.15) is 0 Å². The van der Waals surface area contributed by atoms with Gasteiger partial charge in [0.15, 0.2) is 18.2 Å². The van der Waals surface area contributed by atoms with Gasteiger partial charge in [-0.1, -0.05) is 17.3 Å². The number of rotatable bonds is 6. The van der Waals surface area contributed by atoms with Gasteiger partial charge in [0.1, 0.15) is 11.4 Å². The van der Waals surface area contributed by atoms with Gasteiger partial charge in [-0.15, -0.1) is 0 Å². The van der Waals surface area contributed by atoms with E-state index in [2.05, 4.69) is 20.4 Å². The molecule has 0 aromatic carbocycles. The maximum Gasteiger partial charge on any atom is 0.413 e. The summed E-state index contributed by atoms with van der Waals surface area (Å²) >= 11 is 0. The molecule has 2 rings (SSSR count). The van der Waals surface area contributed by atoms with Crippen LogP contribution in [0.5, 0.6) is 0 Å². The highest BCUT2D eigenvalue weighted by Crippen LogP contribution is 2.11. The zero-order valence-electron chi connectivity index (χ0n) is 16.7. The van der Waals surface area contributed by atoms with E-state index in [4.69, 9.17) is 15.0 Å². The van der Waals surface area contributed by atoms with E-state index >= 15 is 0 Å². The molecule has 3 N–H and O–H groups in total. The van der Waals surface area contributed by atoms with Gasteiger partial charge < -0.3 is 9.57 Å². The Hall–Kier alpha value is -3.53. The Kier molecular flexibility index (Phi) is 7.21. The fourth-order valence-corrected chi connectivity index (χ4v) is 2.07. The molecule has 0 saturated heterocycles. The second-order valence-electron chi connectivity index (χ2n) is 6.94. The van der Waals surface area contributed by atoms with Gasteiger partial charge in [-0.25, -0.2) is 14.8 Å². The van der Waals surface area contributed by atoms with Crippen LogP contribution >= 0.6 is 0 Å². The number of hydroxylamine groups is 2. The van der Waals surface area contributed by atoms with Gasteiger partial charge in [0.05, 0.1) is 11.4 Å². The van der Waals surface area contributed by atoms with E-state index in [0.29, 0.717) is 22.3 Å². The van der Waals surface area contributed by atoms with E-state index in [1.807, 2.05) is 0 Å². The molecule has 0 aliphatic heterocycles. The number of hydrogen-bond acceptors (Lipinski definition) is 8. The molecule has 2 aromatic heterocycles. The molecule has 2 heterocycles. The molecule has 29 heavy (non-hydrogen) atoms. The van der Waals surface area contributed by atoms with E-state index in [1.54, 1.807) is 63.4 Å². The number of ether oxygens (including phenoxy) is 1. The minimum atomic E-state index is -0.619. The molecule has 0 radical (unpaired) electrons. The summed E-state index contributed by atoms with van der Waals surface area (Å²) < 4.78 is 5.19. The average Bonchev–Trinajstić information content (AvgIpc) is 2.64. The van der Waals surface area contributed by atoms with Crippen molar-refractivity contribution in [2.45, 2.75) is 33.0 Å². The number of nitrogens with zero attached hydrogens (tertiary/aromatic N) is 4. The average molecular weight is 400 g/mol. The van der Waals surface area contributed by atoms with Crippen molar-refractivity contribution in [2.75, 3.05) is 12.4 Å². The Labute approximate surface area is 168 Å². The number of oxime groups is 1. The quantitative estimate of drug-likeness (QED) is 0.385. The van der Waals surface area contributed by atoms with E-state index in [1.165, 1.54) is 7.05 Å². The van der Waals surface area contributed by atoms with Crippen molar-refractivity contribution in [3.63, 3.8) is 0 Å². The molecule has 10 heteroatoms. The number of carbonyl (C=O) groups excluding carboxylic acids is 1. The summed E-state index contributed by atoms with van der Waals surface area (Å²) in [6.45, 7) is 5.27. The summed E-state index contributed by atoms with van der Waals surface area (Å²) in [5, 5.41) is 24.6. The van der Waals surface area contributed by atoms with Gasteiger partial charge in [-0.05, 0) is 45.0 Å². The van der Waals surface area contributed by atoms with Gasteiger partial charge in [0, 0.05) is 13.2 Å². The van der Waals surface area contributed by atoms with Crippen LogP contribution in [0.4, 0.5) is 10.6 Å². The first kappa shape index (κ1) is 21.8. The predicted octanol–water partition coefficient (Wildman–Crippen LogP) is 3.04. The Morgan fingerprint density at radius 2 is 2.03 bits per heavy atom. The van der Waals surface area contributed by atoms with Gasteiger partial charge in [0.2, 0.25) is 0 Å². The molecule has 0 saturated carbocycles. The summed E-state index contributed by atoms with van der Waals surface area (Å²) in [7, 11) is 1.30. The van der Waals surface area contributed by atoms with Crippen molar-refractivity contribution in [1.29, 1.82) is 5.41 Å². The van der Waals surface area contributed by atoms with Crippen molar-refractivity contribution in [2.24, 2.45) is 5.16 Å². The van der Waals surface area contributed by atoms with Crippen molar-refractivity contribution in [3.05, 3.63) is 54.0 Å². The number of hydrogen-bond donors (Lipinski definition) is 3. The second kappa shape index (κ2) is 9.60. The molecule has 0 atom stereocenters. The van der Waals surface area contributed by atoms with E-state index in [9.17, 15) is 10.0 Å². The molecule has 1 amide bonds. The van der Waals surface area contributed by atoms with Gasteiger partial charge in [0.25, 0.3) is 0 Å². The van der Waals surface area contributed by atoms with Crippen molar-refractivity contribution in [3.8, 4) is 0 Å². The van der Waals surface area contributed by atoms with Crippen molar-refractivity contribution < 1.29 is 19.6 Å². The van der Waals surface area contributed by atoms with E-state index in [0.717, 1.165) is 0 Å². The van der Waals surface area contributed by atoms with Gasteiger partial charge in [-0.3, -0.25) is 20.9 Å². The molecule has 0 spiro atoms. The molecular formula is C19H24N6O4. The van der Waals surface area contributed by atoms with Crippen molar-refractivity contribution >= 4 is 23.5 Å². The number of amides is 1. The molecular weight excluding hydrogens is 376 g/mol. The molecule has 0 aliphatic rings. The molecule has 0 aliphatic carbocycles. The monoisotopic (exact) mass is 400 g/mol. The molecule has 0 unspecified atom stereocenters. The first-order valence-corrected chi connectivity index (χ1v) is 8.74. The van der Waals surface area contributed by atoms with Crippen molar-refractivity contribution in [1.82, 2.24) is 15.0 Å². The Morgan fingerprint density at radius 1 is 1.28 bits per heavy atom. The van der Waals surface area contributed by atoms with Crippen LogP contribution in [0, 0.1) is 5.41 Å². The zero-order valence-corrected chi connectivity index (χ0v) is 16.7. The van der Waals surface area contributed by atoms with E-state index < -0.39 is 11.7 Å². The minimum absolute atomic E-state index is 0.0252.